The van der Waals surface area contributed by atoms with E-state index in [0.29, 0.717) is 24.1 Å². The minimum atomic E-state index is -2.14. The average molecular weight is 2130 g/mol. The van der Waals surface area contributed by atoms with Crippen LogP contribution in [0.4, 0.5) is 0 Å². The number of phenolic OH excluding ortho intramolecular Hbond substituents is 1. The molecule has 3 rings (SSSR count). The first kappa shape index (κ1) is 129. The number of nitrogens with zero attached hydrogens (tertiary/aromatic N) is 1. The van der Waals surface area contributed by atoms with Gasteiger partial charge in [0.2, 0.25) is 118 Å². The highest BCUT2D eigenvalue weighted by Crippen LogP contribution is 2.18. The van der Waals surface area contributed by atoms with Gasteiger partial charge in [0.15, 0.2) is 0 Å². The Balaban J connectivity index is 1.82. The molecule has 832 valence electrons. The highest BCUT2D eigenvalue weighted by molar-refractivity contribution is 6.03. The van der Waals surface area contributed by atoms with E-state index in [-0.39, 0.29) is 37.1 Å². The SMILES string of the molecule is CC(C)C[C@H](NC(=O)[C@H](Cc1ccc(O)cc1)NC(=O)[C@H](CO)NC(=O)[C@H](CO)NC(=O)[C@@H](NC(=O)[C@H](CCC(=O)O)NC(=O)[C@H](CO)NC(=O)[C@@H](NC(=O)[C@H](Cc1ccccc1)NC(=O)[C@@H](NC(=O)CNC(=O)[C@H](CCC(=O)O)NC(=O)C(C)(C)NC(=O)[C@@H](N)Cc1c[nH]cn1)[C@@H](C)O)[C@@H](C)O)C(C)C)C(=O)N[C@@H](CCC(=O)O)C(=O)NCC(=O)N[C@@H](CCC(N)=O)C(=O)N[C@@H](C)C(=O)N[C@@H](C)C(=O)N[C@@H](CCCCN)C(=O)O. The molecule has 36 N–H and O–H groups in total. The van der Waals surface area contributed by atoms with Crippen LogP contribution in [0.5, 0.6) is 5.75 Å². The summed E-state index contributed by atoms with van der Waals surface area (Å²) in [6, 6.07) is -17.3. The maximum Gasteiger partial charge on any atom is 0.326 e. The van der Waals surface area contributed by atoms with Crippen molar-refractivity contribution in [2.24, 2.45) is 29.0 Å². The molecule has 0 saturated heterocycles. The first-order valence-electron chi connectivity index (χ1n) is 47.7. The van der Waals surface area contributed by atoms with E-state index in [9.17, 15) is 166 Å². The smallest absolute Gasteiger partial charge is 0.326 e. The molecule has 0 unspecified atom stereocenters. The normalized spacial score (nSPS) is 15.0. The number of benzene rings is 2. The Morgan fingerprint density at radius 1 is 0.380 bits per heavy atom. The van der Waals surface area contributed by atoms with Gasteiger partial charge in [-0.15, -0.1) is 0 Å². The van der Waals surface area contributed by atoms with Crippen molar-refractivity contribution in [3.63, 3.8) is 0 Å². The van der Waals surface area contributed by atoms with Crippen LogP contribution in [0.2, 0.25) is 0 Å². The first-order valence-corrected chi connectivity index (χ1v) is 47.7. The summed E-state index contributed by atoms with van der Waals surface area (Å²) in [5.41, 5.74) is 16.0. The molecule has 20 amide bonds. The number of carboxylic acids is 4. The van der Waals surface area contributed by atoms with Crippen molar-refractivity contribution in [2.45, 2.75) is 286 Å². The molecule has 3 aromatic rings. The zero-order chi connectivity index (χ0) is 113. The molecule has 0 aliphatic carbocycles. The third-order valence-corrected chi connectivity index (χ3v) is 22.5. The standard InChI is InChI=1S/C92H140N24O34/c1-43(2)32-59(81(139)103-54(24-28-68(126)127)77(135)97-37-66(124)102-56(23-27-65(95)123)79(137)101-45(5)74(132)100-46(6)75(133)105-58(90(148)149)18-14-15-31-93)106-82(140)60(34-50-19-21-52(122)22-20-50)107-85(143)62(39-117)109-86(144)64(41-119)110-87(145)71(44(3)4)114-80(138)57(26-30-70(130)131)104-84(142)63(40-118)111-89(147)73(48(8)121)115-83(141)61(33-49-16-12-11-13-17-49)108-88(146)72(47(7)120)113-67(125)38-98-78(136)55(25-29-69(128)129)112-91(150)92(9,10)116-76(134)53(94)35-51-36-96-42-99-51/h11-13,16-17,19-22,36,42-48,53-64,71-73,117-122H,14-15,18,23-35,37-41,93-94H2,1-10H3,(H2,95,123)(H,96,99)(H,97,135)(H,98,136)(H,100,132)(H,101,137)(H,102,124)(H,103,139)(H,104,142)(H,105,133)(H,106,140)(H,107,143)(H,108,146)(H,109,144)(H,110,145)(H,111,147)(H,112,150)(H,113,125)(H,114,138)(H,115,141)(H,116,134)(H,126,127)(H,128,129)(H,130,131)(H,148,149)/t45-,46-,47+,48+,53-,54-,55-,56-,57-,58-,59-,60-,61-,62-,63-,64-,71-,72-,73-/m0/s1. The average Bonchev–Trinajstić information content (AvgIpc) is 1.09. The van der Waals surface area contributed by atoms with E-state index in [4.69, 9.17) is 17.2 Å². The number of amides is 20. The monoisotopic (exact) mass is 2120 g/mol. The quantitative estimate of drug-likeness (QED) is 0.0233. The number of aromatic nitrogens is 2. The molecule has 0 spiro atoms. The van der Waals surface area contributed by atoms with E-state index in [2.05, 4.69) is 111 Å². The van der Waals surface area contributed by atoms with Crippen molar-refractivity contribution < 1.29 is 166 Å². The fraction of sp³-hybridized carbons (Fsp3) is 0.576. The lowest BCUT2D eigenvalue weighted by Crippen LogP contribution is -2.63. The Hall–Kier alpha value is -15.5. The number of aromatic amines is 1. The van der Waals surface area contributed by atoms with Crippen LogP contribution >= 0.6 is 0 Å². The number of phenols is 1. The molecule has 150 heavy (non-hydrogen) atoms. The molecular formula is C92H140N24O34. The van der Waals surface area contributed by atoms with Crippen molar-refractivity contribution in [2.75, 3.05) is 39.5 Å². The second-order valence-electron chi connectivity index (χ2n) is 36.5. The molecule has 58 heteroatoms. The second-order valence-corrected chi connectivity index (χ2v) is 36.5. The highest BCUT2D eigenvalue weighted by Gasteiger charge is 2.42. The topological polar surface area (TPSA) is 947 Å². The number of nitrogens with one attached hydrogen (secondary N) is 20. The van der Waals surface area contributed by atoms with Crippen LogP contribution in [0, 0.1) is 11.8 Å². The van der Waals surface area contributed by atoms with Crippen LogP contribution in [0.1, 0.15) is 163 Å². The summed E-state index contributed by atoms with van der Waals surface area (Å²) in [6.07, 6.45) is -6.66. The zero-order valence-corrected chi connectivity index (χ0v) is 84.3. The van der Waals surface area contributed by atoms with E-state index in [0.717, 1.165) is 13.8 Å². The predicted molar refractivity (Wildman–Crippen MR) is 521 cm³/mol. The Kier molecular flexibility index (Phi) is 55.3. The van der Waals surface area contributed by atoms with Crippen molar-refractivity contribution >= 4 is 142 Å². The fourth-order valence-electron chi connectivity index (χ4n) is 14.0. The Bertz CT molecular complexity index is 5130. The maximum atomic E-state index is 14.6. The third kappa shape index (κ3) is 46.7. The van der Waals surface area contributed by atoms with Gasteiger partial charge in [-0.2, -0.15) is 0 Å². The lowest BCUT2D eigenvalue weighted by atomic mass is 10.00. The molecule has 58 nitrogen and oxygen atoms in total. The zero-order valence-electron chi connectivity index (χ0n) is 84.3. The van der Waals surface area contributed by atoms with Gasteiger partial charge in [-0.05, 0) is 135 Å². The molecular weight excluding hydrogens is 1990 g/mol. The number of hydrogen-bond donors (Lipinski definition) is 33. The third-order valence-electron chi connectivity index (χ3n) is 22.5. The number of aromatic hydroxyl groups is 1. The number of aliphatic hydroxyl groups is 5. The van der Waals surface area contributed by atoms with Gasteiger partial charge in [0.05, 0.1) is 63.2 Å². The molecule has 0 radical (unpaired) electrons. The summed E-state index contributed by atoms with van der Waals surface area (Å²) in [5.74, 6) is -31.0. The van der Waals surface area contributed by atoms with E-state index < -0.39 is 371 Å². The number of rotatable bonds is 69. The van der Waals surface area contributed by atoms with Crippen LogP contribution in [0.3, 0.4) is 0 Å². The van der Waals surface area contributed by atoms with Crippen LogP contribution in [0.15, 0.2) is 67.1 Å². The van der Waals surface area contributed by atoms with Gasteiger partial charge in [-0.1, -0.05) is 70.2 Å². The van der Waals surface area contributed by atoms with Crippen molar-refractivity contribution in [1.29, 1.82) is 0 Å². The number of aliphatic carboxylic acids is 4. The maximum absolute atomic E-state index is 14.6. The Morgan fingerprint density at radius 2 is 0.747 bits per heavy atom. The molecule has 0 bridgehead atoms. The Labute approximate surface area is 859 Å². The summed E-state index contributed by atoms with van der Waals surface area (Å²) in [6.45, 7) is 7.16. The number of H-pyrrole nitrogens is 1. The summed E-state index contributed by atoms with van der Waals surface area (Å²) >= 11 is 0. The number of unbranched alkanes of at least 4 members (excludes halogenated alkanes) is 1. The molecule has 0 aliphatic heterocycles. The number of aliphatic hydroxyl groups excluding tert-OH is 5. The van der Waals surface area contributed by atoms with Gasteiger partial charge >= 0.3 is 23.9 Å². The number of primary amides is 1. The first-order chi connectivity index (χ1) is 70.3. The molecule has 2 aromatic carbocycles. The van der Waals surface area contributed by atoms with Gasteiger partial charge in [0.1, 0.15) is 108 Å². The van der Waals surface area contributed by atoms with Crippen LogP contribution in [-0.4, -0.2) is 363 Å². The molecule has 0 fully saturated rings. The van der Waals surface area contributed by atoms with Crippen LogP contribution in [0.25, 0.3) is 0 Å². The van der Waals surface area contributed by atoms with E-state index in [1.54, 1.807) is 19.9 Å². The van der Waals surface area contributed by atoms with Gasteiger partial charge < -0.3 is 174 Å². The van der Waals surface area contributed by atoms with Crippen molar-refractivity contribution in [3.05, 3.63) is 83.9 Å². The largest absolute Gasteiger partial charge is 0.508 e. The molecule has 19 atom stereocenters. The van der Waals surface area contributed by atoms with Crippen LogP contribution in [-0.2, 0) is 134 Å². The van der Waals surface area contributed by atoms with E-state index in [1.807, 2.05) is 0 Å². The lowest BCUT2D eigenvalue weighted by Gasteiger charge is -2.29. The number of carbonyl (C=O) groups is 24. The highest BCUT2D eigenvalue weighted by atomic mass is 16.4. The van der Waals surface area contributed by atoms with Crippen molar-refractivity contribution in [3.8, 4) is 5.75 Å². The second kappa shape index (κ2) is 64.5. The van der Waals surface area contributed by atoms with Gasteiger partial charge in [0.25, 0.3) is 0 Å². The van der Waals surface area contributed by atoms with Crippen molar-refractivity contribution in [1.82, 2.24) is 111 Å². The van der Waals surface area contributed by atoms with Gasteiger partial charge in [-0.3, -0.25) is 110 Å². The molecule has 1 aromatic heterocycles. The van der Waals surface area contributed by atoms with Crippen LogP contribution < -0.4 is 118 Å². The number of nitrogens with two attached hydrogens (primary N) is 3. The molecule has 0 saturated carbocycles. The molecule has 0 aliphatic rings. The number of carbonyl (C=O) groups excluding carboxylic acids is 20. The summed E-state index contributed by atoms with van der Waals surface area (Å²) in [5, 5.41) is 145. The van der Waals surface area contributed by atoms with E-state index >= 15 is 0 Å². The summed E-state index contributed by atoms with van der Waals surface area (Å²) in [4.78, 5) is 329. The minimum absolute atomic E-state index is 0.0266. The number of hydrogen-bond acceptors (Lipinski definition) is 33. The summed E-state index contributed by atoms with van der Waals surface area (Å²) < 4.78 is 0. The lowest BCUT2D eigenvalue weighted by molar-refractivity contribution is -0.142. The molecule has 1 heterocycles. The number of imidazole rings is 1. The van der Waals surface area contributed by atoms with Gasteiger partial charge in [0, 0.05) is 51.1 Å². The predicted octanol–water partition coefficient (Wildman–Crippen LogP) is -12.1. The fourth-order valence-corrected chi connectivity index (χ4v) is 14.0. The summed E-state index contributed by atoms with van der Waals surface area (Å²) in [7, 11) is 0. The Morgan fingerprint density at radius 3 is 1.19 bits per heavy atom. The van der Waals surface area contributed by atoms with Gasteiger partial charge in [-0.25, -0.2) is 9.78 Å². The minimum Gasteiger partial charge on any atom is -0.508 e. The van der Waals surface area contributed by atoms with E-state index in [1.165, 1.54) is 103 Å². The number of carboxylic acid groups (broad SMARTS) is 4.